The van der Waals surface area contributed by atoms with Crippen molar-refractivity contribution in [3.05, 3.63) is 111 Å². The molecule has 4 rings (SSSR count). The molecule has 6 nitrogen and oxygen atoms in total. The lowest BCUT2D eigenvalue weighted by molar-refractivity contribution is -0.116. The van der Waals surface area contributed by atoms with Gasteiger partial charge in [0.15, 0.2) is 0 Å². The van der Waals surface area contributed by atoms with Gasteiger partial charge in [-0.05, 0) is 42.0 Å². The third-order valence-electron chi connectivity index (χ3n) is 4.75. The number of fused-ring (bicyclic) bond motifs is 1. The Morgan fingerprint density at radius 3 is 2.23 bits per heavy atom. The number of nitrogens with zero attached hydrogens (tertiary/aromatic N) is 2. The summed E-state index contributed by atoms with van der Waals surface area (Å²) in [5.74, 6) is -0.873. The van der Waals surface area contributed by atoms with Gasteiger partial charge < -0.3 is 5.32 Å². The molecule has 1 amide bonds. The van der Waals surface area contributed by atoms with Gasteiger partial charge in [-0.3, -0.25) is 18.7 Å². The minimum atomic E-state index is -0.572. The third kappa shape index (κ3) is 3.91. The molecule has 0 spiro atoms. The van der Waals surface area contributed by atoms with Gasteiger partial charge in [0.1, 0.15) is 12.4 Å². The molecule has 0 saturated heterocycles. The highest BCUT2D eigenvalue weighted by atomic mass is 19.1. The summed E-state index contributed by atoms with van der Waals surface area (Å²) in [6.45, 7) is -0.186. The fraction of sp³-hybridized carbons (Fsp3) is 0.0870. The minimum Gasteiger partial charge on any atom is -0.325 e. The number of rotatable bonds is 5. The van der Waals surface area contributed by atoms with Crippen molar-refractivity contribution in [1.29, 1.82) is 0 Å². The highest BCUT2D eigenvalue weighted by molar-refractivity contribution is 5.91. The largest absolute Gasteiger partial charge is 0.332 e. The maximum atomic E-state index is 13.1. The Morgan fingerprint density at radius 2 is 1.50 bits per heavy atom. The molecule has 0 bridgehead atoms. The first kappa shape index (κ1) is 19.3. The molecule has 0 aliphatic carbocycles. The molecule has 0 fully saturated rings. The molecular formula is C23H18FN3O3. The predicted molar refractivity (Wildman–Crippen MR) is 113 cm³/mol. The number of halogens is 1. The summed E-state index contributed by atoms with van der Waals surface area (Å²) in [4.78, 5) is 38.6. The van der Waals surface area contributed by atoms with E-state index in [1.807, 2.05) is 30.3 Å². The van der Waals surface area contributed by atoms with E-state index >= 15 is 0 Å². The summed E-state index contributed by atoms with van der Waals surface area (Å²) in [5, 5.41) is 2.99. The van der Waals surface area contributed by atoms with E-state index in [9.17, 15) is 18.8 Å². The van der Waals surface area contributed by atoms with Crippen LogP contribution in [-0.4, -0.2) is 15.0 Å². The molecule has 0 atom stereocenters. The molecule has 150 valence electrons. The average Bonchev–Trinajstić information content (AvgIpc) is 2.76. The Bertz CT molecular complexity index is 1330. The first-order chi connectivity index (χ1) is 14.5. The molecule has 3 aromatic carbocycles. The van der Waals surface area contributed by atoms with Crippen molar-refractivity contribution < 1.29 is 9.18 Å². The van der Waals surface area contributed by atoms with E-state index in [0.717, 1.165) is 10.1 Å². The standard InChI is InChI=1S/C23H18FN3O3/c24-17-10-12-18(13-11-17)25-21(28)15-26-20-9-5-4-8-19(20)22(29)27(23(26)30)14-16-6-2-1-3-7-16/h1-13H,14-15H2,(H,25,28). The number of benzene rings is 3. The number of carbonyl (C=O) groups excluding carboxylic acids is 1. The fourth-order valence-electron chi connectivity index (χ4n) is 3.31. The maximum absolute atomic E-state index is 13.1. The summed E-state index contributed by atoms with van der Waals surface area (Å²) in [7, 11) is 0. The molecule has 7 heteroatoms. The summed E-state index contributed by atoms with van der Waals surface area (Å²) >= 11 is 0. The maximum Gasteiger partial charge on any atom is 0.332 e. The van der Waals surface area contributed by atoms with Crippen LogP contribution >= 0.6 is 0 Å². The van der Waals surface area contributed by atoms with Crippen molar-refractivity contribution in [1.82, 2.24) is 9.13 Å². The van der Waals surface area contributed by atoms with E-state index in [2.05, 4.69) is 5.32 Å². The number of aromatic nitrogens is 2. The Balaban J connectivity index is 1.74. The zero-order chi connectivity index (χ0) is 21.1. The van der Waals surface area contributed by atoms with Crippen molar-refractivity contribution >= 4 is 22.5 Å². The average molecular weight is 403 g/mol. The van der Waals surface area contributed by atoms with Gasteiger partial charge in [-0.2, -0.15) is 0 Å². The highest BCUT2D eigenvalue weighted by Gasteiger charge is 2.15. The van der Waals surface area contributed by atoms with Gasteiger partial charge in [-0.15, -0.1) is 0 Å². The molecule has 0 aliphatic heterocycles. The SMILES string of the molecule is O=C(Cn1c(=O)n(Cc2ccccc2)c(=O)c2ccccc21)Nc1ccc(F)cc1. The van der Waals surface area contributed by atoms with Crippen molar-refractivity contribution in [2.45, 2.75) is 13.1 Å². The lowest BCUT2D eigenvalue weighted by atomic mass is 10.2. The van der Waals surface area contributed by atoms with Gasteiger partial charge in [0.25, 0.3) is 5.56 Å². The first-order valence-corrected chi connectivity index (χ1v) is 9.34. The molecule has 1 aromatic heterocycles. The summed E-state index contributed by atoms with van der Waals surface area (Å²) in [6.07, 6.45) is 0. The van der Waals surface area contributed by atoms with Gasteiger partial charge in [0, 0.05) is 5.69 Å². The minimum absolute atomic E-state index is 0.100. The van der Waals surface area contributed by atoms with Crippen LogP contribution in [0.15, 0.2) is 88.5 Å². The quantitative estimate of drug-likeness (QED) is 0.557. The zero-order valence-electron chi connectivity index (χ0n) is 15.9. The molecule has 0 unspecified atom stereocenters. The molecule has 1 N–H and O–H groups in total. The van der Waals surface area contributed by atoms with Crippen LogP contribution in [0, 0.1) is 5.82 Å². The lowest BCUT2D eigenvalue weighted by Gasteiger charge is -2.14. The summed E-state index contributed by atoms with van der Waals surface area (Å²) in [5.41, 5.74) is 0.614. The number of anilines is 1. The van der Waals surface area contributed by atoms with Crippen LogP contribution in [0.2, 0.25) is 0 Å². The molecule has 0 saturated carbocycles. The normalized spacial score (nSPS) is 10.8. The van der Waals surface area contributed by atoms with E-state index < -0.39 is 23.0 Å². The van der Waals surface area contributed by atoms with Crippen LogP contribution in [0.3, 0.4) is 0 Å². The van der Waals surface area contributed by atoms with E-state index in [0.29, 0.717) is 16.6 Å². The second kappa shape index (κ2) is 8.16. The Morgan fingerprint density at radius 1 is 0.833 bits per heavy atom. The second-order valence-corrected chi connectivity index (χ2v) is 6.82. The van der Waals surface area contributed by atoms with Crippen LogP contribution in [0.25, 0.3) is 10.9 Å². The summed E-state index contributed by atoms with van der Waals surface area (Å²) < 4.78 is 15.5. The van der Waals surface area contributed by atoms with Gasteiger partial charge in [-0.25, -0.2) is 9.18 Å². The van der Waals surface area contributed by atoms with Crippen LogP contribution in [0.5, 0.6) is 0 Å². The van der Waals surface area contributed by atoms with Gasteiger partial charge in [0.05, 0.1) is 17.4 Å². The smallest absolute Gasteiger partial charge is 0.325 e. The number of hydrogen-bond donors (Lipinski definition) is 1. The van der Waals surface area contributed by atoms with E-state index in [1.54, 1.807) is 24.3 Å². The molecule has 30 heavy (non-hydrogen) atoms. The molecule has 0 aliphatic rings. The Labute approximate surface area is 170 Å². The lowest BCUT2D eigenvalue weighted by Crippen LogP contribution is -2.42. The van der Waals surface area contributed by atoms with Gasteiger partial charge >= 0.3 is 5.69 Å². The second-order valence-electron chi connectivity index (χ2n) is 6.82. The Kier molecular flexibility index (Phi) is 5.26. The van der Waals surface area contributed by atoms with Crippen molar-refractivity contribution in [2.75, 3.05) is 5.32 Å². The Hall–Kier alpha value is -4.00. The van der Waals surface area contributed by atoms with Gasteiger partial charge in [0.2, 0.25) is 5.91 Å². The van der Waals surface area contributed by atoms with Crippen LogP contribution in [0.1, 0.15) is 5.56 Å². The van der Waals surface area contributed by atoms with Crippen molar-refractivity contribution in [2.24, 2.45) is 0 Å². The van der Waals surface area contributed by atoms with Crippen molar-refractivity contribution in [3.8, 4) is 0 Å². The predicted octanol–water partition coefficient (Wildman–Crippen LogP) is 2.99. The molecule has 0 radical (unpaired) electrons. The van der Waals surface area contributed by atoms with E-state index in [4.69, 9.17) is 0 Å². The number of para-hydroxylation sites is 1. The number of hydrogen-bond acceptors (Lipinski definition) is 3. The molecule has 4 aromatic rings. The zero-order valence-corrected chi connectivity index (χ0v) is 15.9. The molecular weight excluding hydrogens is 385 g/mol. The third-order valence-corrected chi connectivity index (χ3v) is 4.75. The topological polar surface area (TPSA) is 73.1 Å². The van der Waals surface area contributed by atoms with E-state index in [1.165, 1.54) is 28.8 Å². The van der Waals surface area contributed by atoms with E-state index in [-0.39, 0.29) is 13.1 Å². The summed E-state index contributed by atoms with van der Waals surface area (Å²) in [6, 6.07) is 21.2. The van der Waals surface area contributed by atoms with Crippen LogP contribution in [0.4, 0.5) is 10.1 Å². The fourth-order valence-corrected chi connectivity index (χ4v) is 3.31. The van der Waals surface area contributed by atoms with Crippen LogP contribution in [-0.2, 0) is 17.9 Å². The van der Waals surface area contributed by atoms with Crippen LogP contribution < -0.4 is 16.6 Å². The molecule has 1 heterocycles. The number of amides is 1. The van der Waals surface area contributed by atoms with Gasteiger partial charge in [-0.1, -0.05) is 42.5 Å². The number of nitrogens with one attached hydrogen (secondary N) is 1. The first-order valence-electron chi connectivity index (χ1n) is 9.34. The van der Waals surface area contributed by atoms with Crippen molar-refractivity contribution in [3.63, 3.8) is 0 Å². The monoisotopic (exact) mass is 403 g/mol. The number of carbonyl (C=O) groups is 1. The highest BCUT2D eigenvalue weighted by Crippen LogP contribution is 2.11.